The van der Waals surface area contributed by atoms with Gasteiger partial charge >= 0.3 is 6.61 Å². The summed E-state index contributed by atoms with van der Waals surface area (Å²) in [5, 5.41) is 16.2. The van der Waals surface area contributed by atoms with Crippen molar-refractivity contribution in [3.8, 4) is 5.75 Å². The lowest BCUT2D eigenvalue weighted by molar-refractivity contribution is -0.128. The zero-order chi connectivity index (χ0) is 19.5. The lowest BCUT2D eigenvalue weighted by Crippen LogP contribution is -2.39. The molecule has 9 heteroatoms. The first kappa shape index (κ1) is 21.6. The fraction of sp³-hybridized carbons (Fsp3) is 0.529. The van der Waals surface area contributed by atoms with Crippen molar-refractivity contribution in [1.29, 1.82) is 0 Å². The minimum atomic E-state index is -2.89. The van der Waals surface area contributed by atoms with Crippen LogP contribution in [0.5, 0.6) is 5.75 Å². The van der Waals surface area contributed by atoms with Crippen LogP contribution < -0.4 is 15.4 Å². The van der Waals surface area contributed by atoms with E-state index >= 15 is 0 Å². The average Bonchev–Trinajstić information content (AvgIpc) is 2.59. The Hall–Kier alpha value is -2.42. The number of amides is 1. The van der Waals surface area contributed by atoms with Gasteiger partial charge in [0.1, 0.15) is 5.75 Å². The molecule has 0 aliphatic carbocycles. The first-order valence-electron chi connectivity index (χ1n) is 8.28. The molecule has 1 amide bonds. The van der Waals surface area contributed by atoms with Crippen LogP contribution in [0.3, 0.4) is 0 Å². The van der Waals surface area contributed by atoms with E-state index in [1.54, 1.807) is 14.1 Å². The molecule has 26 heavy (non-hydrogen) atoms. The van der Waals surface area contributed by atoms with E-state index in [0.717, 1.165) is 0 Å². The van der Waals surface area contributed by atoms with Crippen LogP contribution in [0.2, 0.25) is 0 Å². The molecule has 0 aliphatic heterocycles. The number of carbonyl (C=O) groups is 1. The Morgan fingerprint density at radius 3 is 2.46 bits per heavy atom. The number of aliphatic hydroxyl groups is 1. The van der Waals surface area contributed by atoms with Crippen LogP contribution in [0.4, 0.5) is 8.78 Å². The second kappa shape index (κ2) is 11.2. The summed E-state index contributed by atoms with van der Waals surface area (Å²) in [7, 11) is 3.38. The van der Waals surface area contributed by atoms with Gasteiger partial charge < -0.3 is 25.4 Å². The van der Waals surface area contributed by atoms with E-state index in [4.69, 9.17) is 0 Å². The van der Waals surface area contributed by atoms with Crippen molar-refractivity contribution in [1.82, 2.24) is 15.5 Å². The average molecular weight is 372 g/mol. The van der Waals surface area contributed by atoms with Crippen LogP contribution in [-0.2, 0) is 4.79 Å². The minimum absolute atomic E-state index is 0.000473. The highest BCUT2D eigenvalue weighted by molar-refractivity contribution is 5.81. The number of aliphatic hydroxyl groups excluding tert-OH is 1. The highest BCUT2D eigenvalue weighted by Crippen LogP contribution is 2.19. The Labute approximate surface area is 152 Å². The fourth-order valence-electron chi connectivity index (χ4n) is 2.01. The molecule has 146 valence electrons. The van der Waals surface area contributed by atoms with E-state index in [1.165, 1.54) is 29.2 Å². The van der Waals surface area contributed by atoms with Crippen LogP contribution in [0.25, 0.3) is 0 Å². The van der Waals surface area contributed by atoms with Gasteiger partial charge in [0.2, 0.25) is 5.91 Å². The number of hydrogen-bond donors (Lipinski definition) is 3. The van der Waals surface area contributed by atoms with Crippen molar-refractivity contribution in [2.75, 3.05) is 33.7 Å². The highest BCUT2D eigenvalue weighted by Gasteiger charge is 2.10. The summed E-state index contributed by atoms with van der Waals surface area (Å²) in [5.74, 6) is 0.510. The van der Waals surface area contributed by atoms with Gasteiger partial charge in [-0.15, -0.1) is 0 Å². The third kappa shape index (κ3) is 8.11. The number of benzene rings is 1. The molecular formula is C17H26F2N4O3. The number of alkyl halides is 2. The number of rotatable bonds is 9. The molecule has 0 radical (unpaired) electrons. The molecule has 1 rings (SSSR count). The second-order valence-electron chi connectivity index (χ2n) is 5.65. The lowest BCUT2D eigenvalue weighted by Gasteiger charge is -2.15. The molecule has 7 nitrogen and oxygen atoms in total. The molecule has 3 N–H and O–H groups in total. The number of nitrogens with zero attached hydrogens (tertiary/aromatic N) is 2. The van der Waals surface area contributed by atoms with Crippen molar-refractivity contribution in [2.45, 2.75) is 26.1 Å². The zero-order valence-electron chi connectivity index (χ0n) is 15.2. The SMILES string of the molecule is CCNC(=NCC(O)c1ccc(OC(F)F)cc1)NCCC(=O)N(C)C. The molecule has 0 bridgehead atoms. The molecule has 0 saturated heterocycles. The standard InChI is InChI=1S/C17H26F2N4O3/c1-4-20-17(21-10-9-15(25)23(2)3)22-11-14(24)12-5-7-13(8-6-12)26-16(18)19/h5-8,14,16,24H,4,9-11H2,1-3H3,(H2,20,21,22). The van der Waals surface area contributed by atoms with Gasteiger partial charge in [-0.1, -0.05) is 12.1 Å². The summed E-state index contributed by atoms with van der Waals surface area (Å²) in [6.07, 6.45) is -0.569. The first-order valence-corrected chi connectivity index (χ1v) is 8.28. The quantitative estimate of drug-likeness (QED) is 0.450. The molecule has 0 heterocycles. The van der Waals surface area contributed by atoms with Crippen molar-refractivity contribution in [3.63, 3.8) is 0 Å². The van der Waals surface area contributed by atoms with Crippen molar-refractivity contribution in [2.24, 2.45) is 4.99 Å². The van der Waals surface area contributed by atoms with Gasteiger partial charge in [-0.2, -0.15) is 8.78 Å². The van der Waals surface area contributed by atoms with E-state index < -0.39 is 12.7 Å². The maximum Gasteiger partial charge on any atom is 0.387 e. The maximum atomic E-state index is 12.1. The number of ether oxygens (including phenoxy) is 1. The first-order chi connectivity index (χ1) is 12.3. The van der Waals surface area contributed by atoms with E-state index in [-0.39, 0.29) is 18.2 Å². The van der Waals surface area contributed by atoms with E-state index in [1.807, 2.05) is 6.92 Å². The molecule has 0 saturated carbocycles. The Morgan fingerprint density at radius 2 is 1.92 bits per heavy atom. The summed E-state index contributed by atoms with van der Waals surface area (Å²) in [4.78, 5) is 17.3. The topological polar surface area (TPSA) is 86.2 Å². The number of hydrogen-bond acceptors (Lipinski definition) is 4. The molecule has 0 aliphatic rings. The van der Waals surface area contributed by atoms with Crippen molar-refractivity contribution >= 4 is 11.9 Å². The van der Waals surface area contributed by atoms with Crippen LogP contribution in [-0.4, -0.2) is 62.2 Å². The largest absolute Gasteiger partial charge is 0.435 e. The summed E-state index contributed by atoms with van der Waals surface area (Å²) in [6, 6.07) is 5.75. The van der Waals surface area contributed by atoms with E-state index in [9.17, 15) is 18.7 Å². The normalized spacial score (nSPS) is 12.7. The predicted molar refractivity (Wildman–Crippen MR) is 95.3 cm³/mol. The van der Waals surface area contributed by atoms with Gasteiger partial charge in [-0.05, 0) is 24.6 Å². The number of guanidine groups is 1. The number of nitrogens with one attached hydrogen (secondary N) is 2. The van der Waals surface area contributed by atoms with Crippen molar-refractivity contribution in [3.05, 3.63) is 29.8 Å². The molecule has 0 aromatic heterocycles. The Bertz CT molecular complexity index is 580. The van der Waals surface area contributed by atoms with Gasteiger partial charge in [0.05, 0.1) is 12.6 Å². The monoisotopic (exact) mass is 372 g/mol. The van der Waals surface area contributed by atoms with Crippen molar-refractivity contribution < 1.29 is 23.4 Å². The summed E-state index contributed by atoms with van der Waals surface area (Å²) in [6.45, 7) is 0.136. The van der Waals surface area contributed by atoms with Gasteiger partial charge in [-0.3, -0.25) is 9.79 Å². The minimum Gasteiger partial charge on any atom is -0.435 e. The van der Waals surface area contributed by atoms with Gasteiger partial charge in [0, 0.05) is 33.6 Å². The second-order valence-corrected chi connectivity index (χ2v) is 5.65. The smallest absolute Gasteiger partial charge is 0.387 e. The Balaban J connectivity index is 2.57. The molecule has 1 unspecified atom stereocenters. The van der Waals surface area contributed by atoms with Crippen LogP contribution >= 0.6 is 0 Å². The third-order valence-corrected chi connectivity index (χ3v) is 3.39. The van der Waals surface area contributed by atoms with Gasteiger partial charge in [0.15, 0.2) is 5.96 Å². The number of halogens is 2. The number of aliphatic imine (C=N–C) groups is 1. The Morgan fingerprint density at radius 1 is 1.27 bits per heavy atom. The van der Waals surface area contributed by atoms with E-state index in [2.05, 4.69) is 20.4 Å². The number of carbonyl (C=O) groups excluding carboxylic acids is 1. The molecule has 1 atom stereocenters. The predicted octanol–water partition coefficient (Wildman–Crippen LogP) is 1.35. The van der Waals surface area contributed by atoms with Gasteiger partial charge in [-0.25, -0.2) is 0 Å². The van der Waals surface area contributed by atoms with Crippen LogP contribution in [0, 0.1) is 0 Å². The van der Waals surface area contributed by atoms with E-state index in [0.29, 0.717) is 31.0 Å². The lowest BCUT2D eigenvalue weighted by atomic mass is 10.1. The zero-order valence-corrected chi connectivity index (χ0v) is 15.2. The molecular weight excluding hydrogens is 346 g/mol. The molecule has 1 aromatic carbocycles. The van der Waals surface area contributed by atoms with Gasteiger partial charge in [0.25, 0.3) is 0 Å². The molecule has 0 fully saturated rings. The summed E-state index contributed by atoms with van der Waals surface area (Å²) >= 11 is 0. The fourth-order valence-corrected chi connectivity index (χ4v) is 2.01. The van der Waals surface area contributed by atoms with Crippen LogP contribution in [0.15, 0.2) is 29.3 Å². The highest BCUT2D eigenvalue weighted by atomic mass is 19.3. The summed E-state index contributed by atoms with van der Waals surface area (Å²) in [5.41, 5.74) is 0.536. The maximum absolute atomic E-state index is 12.1. The van der Waals surface area contributed by atoms with Crippen LogP contribution in [0.1, 0.15) is 25.0 Å². The molecule has 0 spiro atoms. The molecule has 1 aromatic rings. The Kier molecular flexibility index (Phi) is 9.35. The third-order valence-electron chi connectivity index (χ3n) is 3.39. The summed E-state index contributed by atoms with van der Waals surface area (Å²) < 4.78 is 28.5.